The lowest BCUT2D eigenvalue weighted by Crippen LogP contribution is -2.27. The molecule has 2 aromatic carbocycles. The number of pyridine rings is 1. The van der Waals surface area contributed by atoms with Crippen molar-refractivity contribution < 1.29 is 4.79 Å². The fourth-order valence-corrected chi connectivity index (χ4v) is 3.44. The minimum absolute atomic E-state index is 0.0200. The van der Waals surface area contributed by atoms with E-state index in [0.717, 1.165) is 29.4 Å². The summed E-state index contributed by atoms with van der Waals surface area (Å²) < 4.78 is 0. The molecule has 1 unspecified atom stereocenters. The molecule has 1 amide bonds. The first-order valence-electron chi connectivity index (χ1n) is 7.97. The quantitative estimate of drug-likeness (QED) is 0.778. The van der Waals surface area contributed by atoms with Crippen LogP contribution in [0.1, 0.15) is 39.6 Å². The van der Waals surface area contributed by atoms with E-state index in [0.29, 0.717) is 5.56 Å². The highest BCUT2D eigenvalue weighted by Crippen LogP contribution is 2.31. The fraction of sp³-hybridized carbons (Fsp3) is 0.200. The van der Waals surface area contributed by atoms with Crippen LogP contribution in [-0.2, 0) is 6.42 Å². The number of aromatic nitrogens is 1. The highest BCUT2D eigenvalue weighted by atomic mass is 16.1. The van der Waals surface area contributed by atoms with Gasteiger partial charge in [0.2, 0.25) is 0 Å². The van der Waals surface area contributed by atoms with Gasteiger partial charge in [0.05, 0.1) is 17.1 Å². The minimum atomic E-state index is -0.0200. The van der Waals surface area contributed by atoms with E-state index < -0.39 is 0 Å². The molecule has 1 N–H and O–H groups in total. The summed E-state index contributed by atoms with van der Waals surface area (Å²) in [5, 5.41) is 4.11. The Bertz CT molecular complexity index is 901. The predicted molar refractivity (Wildman–Crippen MR) is 91.5 cm³/mol. The second-order valence-electron chi connectivity index (χ2n) is 6.09. The van der Waals surface area contributed by atoms with Crippen molar-refractivity contribution in [1.29, 1.82) is 0 Å². The van der Waals surface area contributed by atoms with Crippen LogP contribution < -0.4 is 5.32 Å². The Kier molecular flexibility index (Phi) is 3.34. The van der Waals surface area contributed by atoms with Crippen molar-refractivity contribution in [3.8, 4) is 0 Å². The van der Waals surface area contributed by atoms with Crippen molar-refractivity contribution in [3.05, 3.63) is 77.0 Å². The summed E-state index contributed by atoms with van der Waals surface area (Å²) >= 11 is 0. The number of aryl methyl sites for hydroxylation is 2. The summed E-state index contributed by atoms with van der Waals surface area (Å²) in [6, 6.07) is 18.1. The lowest BCUT2D eigenvalue weighted by atomic mass is 10.0. The van der Waals surface area contributed by atoms with Gasteiger partial charge in [-0.1, -0.05) is 42.5 Å². The van der Waals surface area contributed by atoms with Crippen LogP contribution in [0, 0.1) is 6.92 Å². The van der Waals surface area contributed by atoms with Crippen LogP contribution in [0.3, 0.4) is 0 Å². The summed E-state index contributed by atoms with van der Waals surface area (Å²) in [6.45, 7) is 1.92. The molecule has 0 saturated carbocycles. The molecular formula is C20H18N2O. The van der Waals surface area contributed by atoms with Gasteiger partial charge in [0.1, 0.15) is 0 Å². The van der Waals surface area contributed by atoms with Gasteiger partial charge in [-0.05, 0) is 43.0 Å². The Morgan fingerprint density at radius 1 is 1.13 bits per heavy atom. The number of fused-ring (bicyclic) bond motifs is 2. The zero-order valence-electron chi connectivity index (χ0n) is 13.0. The molecule has 1 aliphatic rings. The number of nitrogens with zero attached hydrogens (tertiary/aromatic N) is 1. The van der Waals surface area contributed by atoms with Crippen molar-refractivity contribution in [2.45, 2.75) is 25.8 Å². The van der Waals surface area contributed by atoms with Crippen LogP contribution in [-0.4, -0.2) is 10.9 Å². The predicted octanol–water partition coefficient (Wildman–Crippen LogP) is 3.96. The Hall–Kier alpha value is -2.68. The Labute approximate surface area is 135 Å². The molecule has 0 aliphatic heterocycles. The maximum atomic E-state index is 12.8. The number of hydrogen-bond acceptors (Lipinski definition) is 2. The molecule has 0 radical (unpaired) electrons. The van der Waals surface area contributed by atoms with E-state index >= 15 is 0 Å². The number of hydrogen-bond donors (Lipinski definition) is 1. The second kappa shape index (κ2) is 5.51. The van der Waals surface area contributed by atoms with E-state index in [1.807, 2.05) is 43.3 Å². The number of nitrogens with one attached hydrogen (secondary N) is 1. The van der Waals surface area contributed by atoms with E-state index in [-0.39, 0.29) is 11.9 Å². The summed E-state index contributed by atoms with van der Waals surface area (Å²) in [7, 11) is 0. The van der Waals surface area contributed by atoms with Crippen LogP contribution in [0.5, 0.6) is 0 Å². The summed E-state index contributed by atoms with van der Waals surface area (Å²) in [6.07, 6.45) is 1.99. The average molecular weight is 302 g/mol. The van der Waals surface area contributed by atoms with E-state index in [1.165, 1.54) is 11.1 Å². The first-order chi connectivity index (χ1) is 11.2. The molecule has 0 bridgehead atoms. The fourth-order valence-electron chi connectivity index (χ4n) is 3.44. The molecule has 4 rings (SSSR count). The molecule has 1 atom stereocenters. The van der Waals surface area contributed by atoms with Gasteiger partial charge in [0.15, 0.2) is 0 Å². The molecule has 0 saturated heterocycles. The van der Waals surface area contributed by atoms with Crippen LogP contribution in [0.25, 0.3) is 10.9 Å². The number of carbonyl (C=O) groups is 1. The van der Waals surface area contributed by atoms with Gasteiger partial charge in [0, 0.05) is 11.1 Å². The minimum Gasteiger partial charge on any atom is -0.345 e. The van der Waals surface area contributed by atoms with Crippen LogP contribution in [0.2, 0.25) is 0 Å². The van der Waals surface area contributed by atoms with E-state index in [1.54, 1.807) is 0 Å². The van der Waals surface area contributed by atoms with Gasteiger partial charge in [-0.2, -0.15) is 0 Å². The molecule has 1 heterocycles. The third-order valence-electron chi connectivity index (χ3n) is 4.53. The van der Waals surface area contributed by atoms with Crippen molar-refractivity contribution in [2.24, 2.45) is 0 Å². The van der Waals surface area contributed by atoms with Gasteiger partial charge in [-0.15, -0.1) is 0 Å². The first kappa shape index (κ1) is 13.9. The van der Waals surface area contributed by atoms with E-state index in [9.17, 15) is 4.79 Å². The zero-order valence-corrected chi connectivity index (χ0v) is 13.0. The SMILES string of the molecule is Cc1cc(C(=O)NC2CCc3ccccc32)c2ccccc2n1. The number of benzene rings is 2. The van der Waals surface area contributed by atoms with Crippen molar-refractivity contribution in [2.75, 3.05) is 0 Å². The van der Waals surface area contributed by atoms with Crippen molar-refractivity contribution in [3.63, 3.8) is 0 Å². The third kappa shape index (κ3) is 2.48. The van der Waals surface area contributed by atoms with E-state index in [2.05, 4.69) is 28.5 Å². The monoisotopic (exact) mass is 302 g/mol. The van der Waals surface area contributed by atoms with Gasteiger partial charge >= 0.3 is 0 Å². The zero-order chi connectivity index (χ0) is 15.8. The number of amides is 1. The normalized spacial score (nSPS) is 16.3. The molecule has 1 aromatic heterocycles. The second-order valence-corrected chi connectivity index (χ2v) is 6.09. The number of carbonyl (C=O) groups excluding carboxylic acids is 1. The lowest BCUT2D eigenvalue weighted by Gasteiger charge is -2.15. The van der Waals surface area contributed by atoms with Crippen LogP contribution in [0.15, 0.2) is 54.6 Å². The molecule has 0 fully saturated rings. The topological polar surface area (TPSA) is 42.0 Å². The summed E-state index contributed by atoms with van der Waals surface area (Å²) in [5.41, 5.74) is 5.02. The summed E-state index contributed by atoms with van der Waals surface area (Å²) in [5.74, 6) is -0.0200. The number of rotatable bonds is 2. The molecular weight excluding hydrogens is 284 g/mol. The Morgan fingerprint density at radius 2 is 1.91 bits per heavy atom. The molecule has 0 spiro atoms. The Balaban J connectivity index is 1.68. The highest BCUT2D eigenvalue weighted by molar-refractivity contribution is 6.06. The first-order valence-corrected chi connectivity index (χ1v) is 7.97. The van der Waals surface area contributed by atoms with Crippen LogP contribution >= 0.6 is 0 Å². The lowest BCUT2D eigenvalue weighted by molar-refractivity contribution is 0.0938. The largest absolute Gasteiger partial charge is 0.345 e. The average Bonchev–Trinajstić information content (AvgIpc) is 2.97. The molecule has 1 aliphatic carbocycles. The smallest absolute Gasteiger partial charge is 0.252 e. The van der Waals surface area contributed by atoms with Gasteiger partial charge in [0.25, 0.3) is 5.91 Å². The molecule has 23 heavy (non-hydrogen) atoms. The molecule has 3 aromatic rings. The number of para-hydroxylation sites is 1. The van der Waals surface area contributed by atoms with Gasteiger partial charge in [-0.3, -0.25) is 9.78 Å². The van der Waals surface area contributed by atoms with Crippen molar-refractivity contribution in [1.82, 2.24) is 10.3 Å². The standard InChI is InChI=1S/C20H18N2O/c1-13-12-17(16-8-4-5-9-18(16)21-13)20(23)22-19-11-10-14-6-2-3-7-15(14)19/h2-9,12,19H,10-11H2,1H3,(H,22,23). The maximum absolute atomic E-state index is 12.8. The van der Waals surface area contributed by atoms with Gasteiger partial charge < -0.3 is 5.32 Å². The molecule has 3 nitrogen and oxygen atoms in total. The Morgan fingerprint density at radius 3 is 2.83 bits per heavy atom. The molecule has 114 valence electrons. The highest BCUT2D eigenvalue weighted by Gasteiger charge is 2.24. The maximum Gasteiger partial charge on any atom is 0.252 e. The van der Waals surface area contributed by atoms with Crippen LogP contribution in [0.4, 0.5) is 0 Å². The molecule has 3 heteroatoms. The van der Waals surface area contributed by atoms with Crippen molar-refractivity contribution >= 4 is 16.8 Å². The van der Waals surface area contributed by atoms with E-state index in [4.69, 9.17) is 0 Å². The summed E-state index contributed by atoms with van der Waals surface area (Å²) in [4.78, 5) is 17.3. The third-order valence-corrected chi connectivity index (χ3v) is 4.53. The van der Waals surface area contributed by atoms with Gasteiger partial charge in [-0.25, -0.2) is 0 Å².